The van der Waals surface area contributed by atoms with Crippen molar-refractivity contribution >= 4 is 27.9 Å². The zero-order chi connectivity index (χ0) is 16.9. The fourth-order valence-electron chi connectivity index (χ4n) is 2.35. The smallest absolute Gasteiger partial charge is 0.235 e. The number of H-pyrrole nitrogens is 1. The summed E-state index contributed by atoms with van der Waals surface area (Å²) >= 11 is 7.72. The van der Waals surface area contributed by atoms with Gasteiger partial charge in [-0.2, -0.15) is 14.7 Å². The standard InChI is InChI=1S/C16H15ClN6S/c1-16(2,3)12-8-11(18-19-12)14-22-23-13(20-21-15(23)24-14)9-6-4-5-7-10(9)17/h4-8H,1-3H3,(H,18,19). The molecule has 0 radical (unpaired) electrons. The predicted molar refractivity (Wildman–Crippen MR) is 95.4 cm³/mol. The van der Waals surface area contributed by atoms with Gasteiger partial charge in [0.05, 0.1) is 5.02 Å². The van der Waals surface area contributed by atoms with Gasteiger partial charge in [0, 0.05) is 16.7 Å². The molecule has 122 valence electrons. The number of nitrogens with zero attached hydrogens (tertiary/aromatic N) is 5. The third-order valence-corrected chi connectivity index (χ3v) is 4.96. The summed E-state index contributed by atoms with van der Waals surface area (Å²) in [6.07, 6.45) is 0. The van der Waals surface area contributed by atoms with Crippen molar-refractivity contribution in [3.05, 3.63) is 41.0 Å². The summed E-state index contributed by atoms with van der Waals surface area (Å²) in [4.78, 5) is 0.709. The van der Waals surface area contributed by atoms with Crippen molar-refractivity contribution in [3.63, 3.8) is 0 Å². The summed E-state index contributed by atoms with van der Waals surface area (Å²) in [5, 5.41) is 21.9. The highest BCUT2D eigenvalue weighted by Gasteiger charge is 2.20. The van der Waals surface area contributed by atoms with Gasteiger partial charge < -0.3 is 0 Å². The van der Waals surface area contributed by atoms with Crippen LogP contribution in [-0.2, 0) is 5.41 Å². The van der Waals surface area contributed by atoms with Gasteiger partial charge in [0.1, 0.15) is 5.69 Å². The minimum Gasteiger partial charge on any atom is -0.281 e. The Morgan fingerprint density at radius 1 is 1.17 bits per heavy atom. The second-order valence-electron chi connectivity index (χ2n) is 6.52. The van der Waals surface area contributed by atoms with Gasteiger partial charge in [-0.1, -0.05) is 55.8 Å². The van der Waals surface area contributed by atoms with E-state index in [1.165, 1.54) is 11.3 Å². The van der Waals surface area contributed by atoms with Gasteiger partial charge in [-0.05, 0) is 18.2 Å². The number of fused-ring (bicyclic) bond motifs is 1. The zero-order valence-corrected chi connectivity index (χ0v) is 15.0. The Morgan fingerprint density at radius 3 is 2.67 bits per heavy atom. The largest absolute Gasteiger partial charge is 0.281 e. The first-order valence-corrected chi connectivity index (χ1v) is 8.66. The van der Waals surface area contributed by atoms with E-state index in [1.807, 2.05) is 30.3 Å². The van der Waals surface area contributed by atoms with E-state index in [-0.39, 0.29) is 5.41 Å². The maximum absolute atomic E-state index is 6.27. The number of rotatable bonds is 2. The van der Waals surface area contributed by atoms with Gasteiger partial charge in [0.2, 0.25) is 4.96 Å². The summed E-state index contributed by atoms with van der Waals surface area (Å²) < 4.78 is 1.71. The molecule has 0 saturated carbocycles. The first kappa shape index (κ1) is 15.3. The molecule has 0 atom stereocenters. The molecule has 0 aliphatic rings. The Balaban J connectivity index is 1.80. The molecule has 1 aromatic carbocycles. The molecule has 24 heavy (non-hydrogen) atoms. The third-order valence-electron chi connectivity index (χ3n) is 3.71. The van der Waals surface area contributed by atoms with Crippen LogP contribution in [0.15, 0.2) is 30.3 Å². The Hall–Kier alpha value is -2.25. The molecule has 3 aromatic heterocycles. The monoisotopic (exact) mass is 358 g/mol. The first-order valence-electron chi connectivity index (χ1n) is 7.47. The van der Waals surface area contributed by atoms with E-state index in [9.17, 15) is 0 Å². The van der Waals surface area contributed by atoms with Crippen molar-refractivity contribution in [2.45, 2.75) is 26.2 Å². The van der Waals surface area contributed by atoms with Crippen molar-refractivity contribution in [1.29, 1.82) is 0 Å². The van der Waals surface area contributed by atoms with Crippen LogP contribution in [0.3, 0.4) is 0 Å². The fourth-order valence-corrected chi connectivity index (χ4v) is 3.37. The van der Waals surface area contributed by atoms with E-state index in [0.717, 1.165) is 22.0 Å². The third kappa shape index (κ3) is 2.50. The molecule has 6 nitrogen and oxygen atoms in total. The average molecular weight is 359 g/mol. The Kier molecular flexibility index (Phi) is 3.43. The van der Waals surface area contributed by atoms with E-state index in [1.54, 1.807) is 4.52 Å². The average Bonchev–Trinajstić information content (AvgIpc) is 3.22. The van der Waals surface area contributed by atoms with Crippen LogP contribution in [-0.4, -0.2) is 30.0 Å². The van der Waals surface area contributed by atoms with Crippen LogP contribution in [0, 0.1) is 0 Å². The number of hydrogen-bond acceptors (Lipinski definition) is 5. The van der Waals surface area contributed by atoms with Crippen LogP contribution in [0.4, 0.5) is 0 Å². The van der Waals surface area contributed by atoms with E-state index in [4.69, 9.17) is 11.6 Å². The van der Waals surface area contributed by atoms with Gasteiger partial charge in [0.25, 0.3) is 0 Å². The second-order valence-corrected chi connectivity index (χ2v) is 7.89. The highest BCUT2D eigenvalue weighted by Crippen LogP contribution is 2.31. The van der Waals surface area contributed by atoms with Crippen LogP contribution in [0.5, 0.6) is 0 Å². The normalized spacial score (nSPS) is 12.2. The van der Waals surface area contributed by atoms with E-state index in [2.05, 4.69) is 46.3 Å². The molecule has 4 rings (SSSR count). The lowest BCUT2D eigenvalue weighted by molar-refractivity contribution is 0.567. The molecule has 0 spiro atoms. The summed E-state index contributed by atoms with van der Waals surface area (Å²) in [7, 11) is 0. The molecule has 0 aliphatic carbocycles. The van der Waals surface area contributed by atoms with Gasteiger partial charge in [-0.3, -0.25) is 5.10 Å². The van der Waals surface area contributed by atoms with Crippen molar-refractivity contribution in [3.8, 4) is 22.1 Å². The molecular formula is C16H15ClN6S. The summed E-state index contributed by atoms with van der Waals surface area (Å²) in [6, 6.07) is 9.56. The lowest BCUT2D eigenvalue weighted by Crippen LogP contribution is -2.11. The fraction of sp³-hybridized carbons (Fsp3) is 0.250. The highest BCUT2D eigenvalue weighted by molar-refractivity contribution is 7.19. The maximum atomic E-state index is 6.27. The second kappa shape index (κ2) is 5.39. The molecule has 0 saturated heterocycles. The van der Waals surface area contributed by atoms with Crippen LogP contribution in [0.25, 0.3) is 27.1 Å². The Morgan fingerprint density at radius 2 is 1.96 bits per heavy atom. The minimum atomic E-state index is 0.00688. The van der Waals surface area contributed by atoms with E-state index < -0.39 is 0 Å². The van der Waals surface area contributed by atoms with Crippen molar-refractivity contribution in [2.24, 2.45) is 0 Å². The van der Waals surface area contributed by atoms with E-state index >= 15 is 0 Å². The lowest BCUT2D eigenvalue weighted by atomic mass is 9.92. The zero-order valence-electron chi connectivity index (χ0n) is 13.4. The van der Waals surface area contributed by atoms with Crippen molar-refractivity contribution < 1.29 is 0 Å². The SMILES string of the molecule is CC(C)(C)c1cc(-c2nn3c(-c4ccccc4Cl)nnc3s2)n[nH]1. The predicted octanol–water partition coefficient (Wildman–Crippen LogP) is 4.19. The molecule has 1 N–H and O–H groups in total. The quantitative estimate of drug-likeness (QED) is 0.583. The molecule has 4 aromatic rings. The van der Waals surface area contributed by atoms with Gasteiger partial charge in [0.15, 0.2) is 10.8 Å². The van der Waals surface area contributed by atoms with Crippen LogP contribution >= 0.6 is 22.9 Å². The van der Waals surface area contributed by atoms with Gasteiger partial charge in [-0.25, -0.2) is 0 Å². The van der Waals surface area contributed by atoms with Crippen LogP contribution in [0.1, 0.15) is 26.5 Å². The molecule has 3 heterocycles. The van der Waals surface area contributed by atoms with Crippen LogP contribution in [0.2, 0.25) is 5.02 Å². The maximum Gasteiger partial charge on any atom is 0.235 e. The molecule has 8 heteroatoms. The highest BCUT2D eigenvalue weighted by atomic mass is 35.5. The van der Waals surface area contributed by atoms with Crippen molar-refractivity contribution in [2.75, 3.05) is 0 Å². The first-order chi connectivity index (χ1) is 11.4. The number of nitrogens with one attached hydrogen (secondary N) is 1. The molecule has 0 amide bonds. The Labute approximate surface area is 147 Å². The summed E-state index contributed by atoms with van der Waals surface area (Å²) in [6.45, 7) is 6.41. The number of hydrogen-bond donors (Lipinski definition) is 1. The molecular weight excluding hydrogens is 344 g/mol. The summed E-state index contributed by atoms with van der Waals surface area (Å²) in [5.41, 5.74) is 2.68. The molecule has 0 aliphatic heterocycles. The lowest BCUT2D eigenvalue weighted by Gasteiger charge is -2.14. The van der Waals surface area contributed by atoms with Crippen molar-refractivity contribution in [1.82, 2.24) is 30.0 Å². The molecule has 0 unspecified atom stereocenters. The summed E-state index contributed by atoms with van der Waals surface area (Å²) in [5.74, 6) is 0.629. The molecule has 0 fully saturated rings. The molecule has 0 bridgehead atoms. The van der Waals surface area contributed by atoms with Gasteiger partial charge in [-0.15, -0.1) is 10.2 Å². The number of halogens is 1. The number of aromatic nitrogens is 6. The number of aromatic amines is 1. The Bertz CT molecular complexity index is 1020. The van der Waals surface area contributed by atoms with Gasteiger partial charge >= 0.3 is 0 Å². The topological polar surface area (TPSA) is 71.8 Å². The van der Waals surface area contributed by atoms with E-state index in [0.29, 0.717) is 15.8 Å². The van der Waals surface area contributed by atoms with Crippen LogP contribution < -0.4 is 0 Å². The minimum absolute atomic E-state index is 0.00688. The number of benzene rings is 1.